The molecule has 1 aromatic carbocycles. The summed E-state index contributed by atoms with van der Waals surface area (Å²) in [6.07, 6.45) is 0.693. The molecule has 17 heavy (non-hydrogen) atoms. The molecule has 0 unspecified atom stereocenters. The Labute approximate surface area is 108 Å². The van der Waals surface area contributed by atoms with Gasteiger partial charge in [-0.3, -0.25) is 0 Å². The SMILES string of the molecule is CCOc1ccc(C#CCCCl)cc1OCC. The Bertz CT molecular complexity index is 404. The summed E-state index contributed by atoms with van der Waals surface area (Å²) >= 11 is 5.57. The molecule has 92 valence electrons. The van der Waals surface area contributed by atoms with Crippen LogP contribution in [-0.4, -0.2) is 19.1 Å². The van der Waals surface area contributed by atoms with Crippen LogP contribution in [0.4, 0.5) is 0 Å². The first kappa shape index (κ1) is 13.7. The van der Waals surface area contributed by atoms with Crippen molar-refractivity contribution in [1.82, 2.24) is 0 Å². The van der Waals surface area contributed by atoms with Gasteiger partial charge in [0.25, 0.3) is 0 Å². The summed E-state index contributed by atoms with van der Waals surface area (Å²) in [5.41, 5.74) is 0.919. The third-order valence-corrected chi connectivity index (χ3v) is 2.18. The molecule has 0 N–H and O–H groups in total. The van der Waals surface area contributed by atoms with E-state index in [2.05, 4.69) is 11.8 Å². The maximum Gasteiger partial charge on any atom is 0.162 e. The molecule has 1 aromatic rings. The molecule has 0 fully saturated rings. The zero-order chi connectivity index (χ0) is 12.5. The highest BCUT2D eigenvalue weighted by Crippen LogP contribution is 2.28. The summed E-state index contributed by atoms with van der Waals surface area (Å²) < 4.78 is 11.0. The van der Waals surface area contributed by atoms with Gasteiger partial charge < -0.3 is 9.47 Å². The van der Waals surface area contributed by atoms with E-state index in [1.165, 1.54) is 0 Å². The van der Waals surface area contributed by atoms with Gasteiger partial charge in [0.1, 0.15) is 0 Å². The Morgan fingerprint density at radius 2 is 1.82 bits per heavy atom. The van der Waals surface area contributed by atoms with Crippen LogP contribution in [0.5, 0.6) is 11.5 Å². The highest BCUT2D eigenvalue weighted by molar-refractivity contribution is 6.18. The van der Waals surface area contributed by atoms with Crippen molar-refractivity contribution in [3.63, 3.8) is 0 Å². The number of benzene rings is 1. The predicted octanol–water partition coefficient (Wildman–Crippen LogP) is 3.46. The second-order valence-electron chi connectivity index (χ2n) is 3.27. The van der Waals surface area contributed by atoms with E-state index >= 15 is 0 Å². The second kappa shape index (κ2) is 7.86. The van der Waals surface area contributed by atoms with E-state index in [1.54, 1.807) is 0 Å². The fourth-order valence-corrected chi connectivity index (χ4v) is 1.44. The molecule has 0 radical (unpaired) electrons. The standard InChI is InChI=1S/C14H17ClO2/c1-3-16-13-9-8-12(7-5-6-10-15)11-14(13)17-4-2/h8-9,11H,3-4,6,10H2,1-2H3. The molecule has 0 atom stereocenters. The van der Waals surface area contributed by atoms with E-state index in [1.807, 2.05) is 32.0 Å². The summed E-state index contributed by atoms with van der Waals surface area (Å²) in [5.74, 6) is 8.10. The summed E-state index contributed by atoms with van der Waals surface area (Å²) in [6.45, 7) is 5.13. The molecule has 0 aromatic heterocycles. The molecule has 0 saturated carbocycles. The first-order chi connectivity index (χ1) is 8.31. The molecule has 0 heterocycles. The molecular weight excluding hydrogens is 236 g/mol. The lowest BCUT2D eigenvalue weighted by Crippen LogP contribution is -1.98. The monoisotopic (exact) mass is 252 g/mol. The first-order valence-corrected chi connectivity index (χ1v) is 6.29. The largest absolute Gasteiger partial charge is 0.490 e. The highest BCUT2D eigenvalue weighted by atomic mass is 35.5. The van der Waals surface area contributed by atoms with Crippen LogP contribution in [0.25, 0.3) is 0 Å². The maximum absolute atomic E-state index is 5.57. The van der Waals surface area contributed by atoms with Crippen molar-refractivity contribution >= 4 is 11.6 Å². The molecule has 0 spiro atoms. The van der Waals surface area contributed by atoms with Crippen molar-refractivity contribution in [2.45, 2.75) is 20.3 Å². The van der Waals surface area contributed by atoms with E-state index in [9.17, 15) is 0 Å². The van der Waals surface area contributed by atoms with Crippen LogP contribution in [-0.2, 0) is 0 Å². The van der Waals surface area contributed by atoms with Gasteiger partial charge in [0.2, 0.25) is 0 Å². The van der Waals surface area contributed by atoms with Gasteiger partial charge in [-0.25, -0.2) is 0 Å². The lowest BCUT2D eigenvalue weighted by Gasteiger charge is -2.10. The molecule has 2 nitrogen and oxygen atoms in total. The zero-order valence-electron chi connectivity index (χ0n) is 10.3. The topological polar surface area (TPSA) is 18.5 Å². The second-order valence-corrected chi connectivity index (χ2v) is 3.65. The Kier molecular flexibility index (Phi) is 6.35. The Morgan fingerprint density at radius 1 is 1.12 bits per heavy atom. The van der Waals surface area contributed by atoms with Crippen LogP contribution in [0, 0.1) is 11.8 Å². The van der Waals surface area contributed by atoms with Crippen LogP contribution in [0.2, 0.25) is 0 Å². The predicted molar refractivity (Wildman–Crippen MR) is 71.0 cm³/mol. The summed E-state index contributed by atoms with van der Waals surface area (Å²) in [4.78, 5) is 0. The number of alkyl halides is 1. The van der Waals surface area contributed by atoms with Gasteiger partial charge in [0, 0.05) is 17.9 Å². The van der Waals surface area contributed by atoms with Gasteiger partial charge >= 0.3 is 0 Å². The number of hydrogen-bond acceptors (Lipinski definition) is 2. The minimum absolute atomic E-state index is 0.558. The number of halogens is 1. The van der Waals surface area contributed by atoms with E-state index < -0.39 is 0 Å². The molecule has 0 amide bonds. The van der Waals surface area contributed by atoms with Crippen LogP contribution >= 0.6 is 11.6 Å². The Hall–Kier alpha value is -1.33. The van der Waals surface area contributed by atoms with Crippen LogP contribution < -0.4 is 9.47 Å². The molecule has 0 aliphatic rings. The van der Waals surface area contributed by atoms with Crippen molar-refractivity contribution in [2.24, 2.45) is 0 Å². The molecule has 3 heteroatoms. The highest BCUT2D eigenvalue weighted by Gasteiger charge is 2.04. The minimum Gasteiger partial charge on any atom is -0.490 e. The lowest BCUT2D eigenvalue weighted by atomic mass is 10.2. The molecule has 0 bridgehead atoms. The van der Waals surface area contributed by atoms with Crippen molar-refractivity contribution in [3.8, 4) is 23.3 Å². The third-order valence-electron chi connectivity index (χ3n) is 2.00. The summed E-state index contributed by atoms with van der Waals surface area (Å²) in [5, 5.41) is 0. The van der Waals surface area contributed by atoms with Gasteiger partial charge in [-0.2, -0.15) is 0 Å². The Morgan fingerprint density at radius 3 is 2.47 bits per heavy atom. The van der Waals surface area contributed by atoms with Crippen LogP contribution in [0.3, 0.4) is 0 Å². The number of hydrogen-bond donors (Lipinski definition) is 0. The molecule has 1 rings (SSSR count). The average Bonchev–Trinajstić information content (AvgIpc) is 2.33. The molecular formula is C14H17ClO2. The molecule has 0 saturated heterocycles. The van der Waals surface area contributed by atoms with Crippen molar-refractivity contribution < 1.29 is 9.47 Å². The maximum atomic E-state index is 5.57. The fourth-order valence-electron chi connectivity index (χ4n) is 1.34. The normalized spacial score (nSPS) is 9.35. The van der Waals surface area contributed by atoms with Gasteiger partial charge in [-0.05, 0) is 32.0 Å². The lowest BCUT2D eigenvalue weighted by molar-refractivity contribution is 0.287. The Balaban J connectivity index is 2.89. The van der Waals surface area contributed by atoms with E-state index in [0.29, 0.717) is 25.5 Å². The van der Waals surface area contributed by atoms with Crippen molar-refractivity contribution in [2.75, 3.05) is 19.1 Å². The average molecular weight is 253 g/mol. The quantitative estimate of drug-likeness (QED) is 0.590. The fraction of sp³-hybridized carbons (Fsp3) is 0.429. The van der Waals surface area contributed by atoms with E-state index in [0.717, 1.165) is 17.1 Å². The van der Waals surface area contributed by atoms with E-state index in [-0.39, 0.29) is 0 Å². The summed E-state index contributed by atoms with van der Waals surface area (Å²) in [6, 6.07) is 5.71. The summed E-state index contributed by atoms with van der Waals surface area (Å²) in [7, 11) is 0. The first-order valence-electron chi connectivity index (χ1n) is 5.76. The molecule has 0 aliphatic carbocycles. The minimum atomic E-state index is 0.558. The molecule has 0 aliphatic heterocycles. The van der Waals surface area contributed by atoms with Crippen molar-refractivity contribution in [3.05, 3.63) is 23.8 Å². The van der Waals surface area contributed by atoms with Gasteiger partial charge in [-0.15, -0.1) is 11.6 Å². The van der Waals surface area contributed by atoms with Gasteiger partial charge in [-0.1, -0.05) is 11.8 Å². The van der Waals surface area contributed by atoms with Gasteiger partial charge in [0.15, 0.2) is 11.5 Å². The van der Waals surface area contributed by atoms with Crippen LogP contribution in [0.1, 0.15) is 25.8 Å². The smallest absolute Gasteiger partial charge is 0.162 e. The van der Waals surface area contributed by atoms with Gasteiger partial charge in [0.05, 0.1) is 13.2 Å². The number of ether oxygens (including phenoxy) is 2. The van der Waals surface area contributed by atoms with E-state index in [4.69, 9.17) is 21.1 Å². The van der Waals surface area contributed by atoms with Crippen molar-refractivity contribution in [1.29, 1.82) is 0 Å². The third kappa shape index (κ3) is 4.58. The number of rotatable bonds is 5. The van der Waals surface area contributed by atoms with Crippen LogP contribution in [0.15, 0.2) is 18.2 Å². The zero-order valence-corrected chi connectivity index (χ0v) is 11.0.